The van der Waals surface area contributed by atoms with Crippen molar-refractivity contribution in [2.24, 2.45) is 4.99 Å². The van der Waals surface area contributed by atoms with Crippen molar-refractivity contribution in [3.05, 3.63) is 29.8 Å². The lowest BCUT2D eigenvalue weighted by Gasteiger charge is -2.24. The van der Waals surface area contributed by atoms with Crippen LogP contribution < -0.4 is 15.4 Å². The number of benzene rings is 1. The van der Waals surface area contributed by atoms with Crippen LogP contribution in [0.3, 0.4) is 0 Å². The zero-order valence-electron chi connectivity index (χ0n) is 15.4. The minimum atomic E-state index is -0.0432. The molecule has 1 aromatic rings. The quantitative estimate of drug-likeness (QED) is 0.595. The molecule has 1 aliphatic heterocycles. The largest absolute Gasteiger partial charge is 0.497 e. The Morgan fingerprint density at radius 3 is 2.62 bits per heavy atom. The molecule has 0 saturated carbocycles. The highest BCUT2D eigenvalue weighted by Gasteiger charge is 2.21. The molecule has 1 aliphatic rings. The van der Waals surface area contributed by atoms with Gasteiger partial charge in [0.15, 0.2) is 5.96 Å². The summed E-state index contributed by atoms with van der Waals surface area (Å²) < 4.78 is 10.9. The zero-order valence-corrected chi connectivity index (χ0v) is 15.4. The molecule has 1 heterocycles. The van der Waals surface area contributed by atoms with Crippen molar-refractivity contribution in [2.45, 2.75) is 45.1 Å². The fourth-order valence-corrected chi connectivity index (χ4v) is 2.77. The Morgan fingerprint density at radius 2 is 2.04 bits per heavy atom. The van der Waals surface area contributed by atoms with E-state index in [1.54, 1.807) is 7.11 Å². The van der Waals surface area contributed by atoms with E-state index in [1.807, 2.05) is 12.1 Å². The monoisotopic (exact) mass is 333 g/mol. The van der Waals surface area contributed by atoms with E-state index in [9.17, 15) is 0 Å². The van der Waals surface area contributed by atoms with Crippen molar-refractivity contribution in [3.63, 3.8) is 0 Å². The van der Waals surface area contributed by atoms with Gasteiger partial charge in [0.05, 0.1) is 19.8 Å². The highest BCUT2D eigenvalue weighted by Crippen LogP contribution is 2.25. The molecule has 0 aliphatic carbocycles. The topological polar surface area (TPSA) is 54.9 Å². The highest BCUT2D eigenvalue weighted by atomic mass is 16.5. The predicted molar refractivity (Wildman–Crippen MR) is 99.0 cm³/mol. The molecular formula is C19H31N3O2. The summed E-state index contributed by atoms with van der Waals surface area (Å²) >= 11 is 0. The second kappa shape index (κ2) is 8.92. The summed E-state index contributed by atoms with van der Waals surface area (Å²) in [4.78, 5) is 4.77. The summed E-state index contributed by atoms with van der Waals surface area (Å²) in [6.07, 6.45) is 2.59. The van der Waals surface area contributed by atoms with Crippen molar-refractivity contribution in [3.8, 4) is 5.75 Å². The minimum Gasteiger partial charge on any atom is -0.497 e. The maximum Gasteiger partial charge on any atom is 0.191 e. The van der Waals surface area contributed by atoms with E-state index in [0.29, 0.717) is 12.6 Å². The third-order valence-corrected chi connectivity index (χ3v) is 4.37. The average Bonchev–Trinajstić information content (AvgIpc) is 3.11. The third kappa shape index (κ3) is 5.41. The number of hydrogen-bond acceptors (Lipinski definition) is 3. The minimum absolute atomic E-state index is 0.0432. The lowest BCUT2D eigenvalue weighted by Crippen LogP contribution is -2.41. The van der Waals surface area contributed by atoms with Crippen molar-refractivity contribution in [1.29, 1.82) is 0 Å². The normalized spacial score (nSPS) is 18.5. The lowest BCUT2D eigenvalue weighted by atomic mass is 9.85. The van der Waals surface area contributed by atoms with Crippen LogP contribution in [0.1, 0.15) is 39.2 Å². The molecule has 1 aromatic carbocycles. The van der Waals surface area contributed by atoms with Gasteiger partial charge in [-0.15, -0.1) is 0 Å². The van der Waals surface area contributed by atoms with Gasteiger partial charge in [0.25, 0.3) is 0 Å². The SMILES string of the molecule is CCNC(=NCC(C)(C)c1ccc(OC)cc1)NCC1CCCO1. The van der Waals surface area contributed by atoms with Crippen LogP contribution in [0.5, 0.6) is 5.75 Å². The molecule has 0 spiro atoms. The van der Waals surface area contributed by atoms with Crippen LogP contribution in [0.25, 0.3) is 0 Å². The number of ether oxygens (including phenoxy) is 2. The fourth-order valence-electron chi connectivity index (χ4n) is 2.77. The second-order valence-electron chi connectivity index (χ2n) is 6.82. The molecule has 1 fully saturated rings. The molecule has 5 nitrogen and oxygen atoms in total. The summed E-state index contributed by atoms with van der Waals surface area (Å²) in [6, 6.07) is 8.23. The molecule has 0 radical (unpaired) electrons. The second-order valence-corrected chi connectivity index (χ2v) is 6.82. The van der Waals surface area contributed by atoms with Crippen molar-refractivity contribution in [2.75, 3.05) is 33.4 Å². The van der Waals surface area contributed by atoms with E-state index in [2.05, 4.69) is 43.5 Å². The Labute approximate surface area is 145 Å². The first-order valence-corrected chi connectivity index (χ1v) is 8.83. The Kier molecular flexibility index (Phi) is 6.91. The Morgan fingerprint density at radius 1 is 1.29 bits per heavy atom. The first kappa shape index (κ1) is 18.6. The summed E-state index contributed by atoms with van der Waals surface area (Å²) in [5.74, 6) is 1.74. The van der Waals surface area contributed by atoms with Crippen LogP contribution in [0.2, 0.25) is 0 Å². The summed E-state index contributed by atoms with van der Waals surface area (Å²) in [5.41, 5.74) is 1.21. The van der Waals surface area contributed by atoms with Crippen LogP contribution in [-0.2, 0) is 10.2 Å². The summed E-state index contributed by atoms with van der Waals surface area (Å²) in [6.45, 7) is 9.75. The number of aliphatic imine (C=N–C) groups is 1. The van der Waals surface area contributed by atoms with E-state index in [0.717, 1.165) is 44.2 Å². The van der Waals surface area contributed by atoms with Crippen LogP contribution in [0.15, 0.2) is 29.3 Å². The molecule has 24 heavy (non-hydrogen) atoms. The molecule has 134 valence electrons. The molecular weight excluding hydrogens is 302 g/mol. The Balaban J connectivity index is 1.96. The van der Waals surface area contributed by atoms with E-state index < -0.39 is 0 Å². The third-order valence-electron chi connectivity index (χ3n) is 4.37. The van der Waals surface area contributed by atoms with E-state index in [4.69, 9.17) is 14.5 Å². The van der Waals surface area contributed by atoms with E-state index in [1.165, 1.54) is 5.56 Å². The van der Waals surface area contributed by atoms with Gasteiger partial charge in [-0.3, -0.25) is 4.99 Å². The van der Waals surface area contributed by atoms with Gasteiger partial charge in [-0.2, -0.15) is 0 Å². The van der Waals surface area contributed by atoms with Crippen molar-refractivity contribution >= 4 is 5.96 Å². The van der Waals surface area contributed by atoms with Gasteiger partial charge < -0.3 is 20.1 Å². The highest BCUT2D eigenvalue weighted by molar-refractivity contribution is 5.79. The molecule has 2 rings (SSSR count). The summed E-state index contributed by atoms with van der Waals surface area (Å²) in [7, 11) is 1.69. The van der Waals surface area contributed by atoms with Gasteiger partial charge in [-0.05, 0) is 37.5 Å². The number of methoxy groups -OCH3 is 1. The maximum atomic E-state index is 5.66. The number of rotatable bonds is 7. The Bertz CT molecular complexity index is 520. The number of hydrogen-bond donors (Lipinski definition) is 2. The van der Waals surface area contributed by atoms with E-state index >= 15 is 0 Å². The van der Waals surface area contributed by atoms with Gasteiger partial charge in [0, 0.05) is 25.1 Å². The van der Waals surface area contributed by atoms with Crippen molar-refractivity contribution in [1.82, 2.24) is 10.6 Å². The molecule has 5 heteroatoms. The van der Waals surface area contributed by atoms with Gasteiger partial charge in [0.1, 0.15) is 5.75 Å². The first-order chi connectivity index (χ1) is 11.5. The van der Waals surface area contributed by atoms with Gasteiger partial charge in [0.2, 0.25) is 0 Å². The van der Waals surface area contributed by atoms with Gasteiger partial charge in [-0.25, -0.2) is 0 Å². The standard InChI is InChI=1S/C19H31N3O2/c1-5-20-18(21-13-17-7-6-12-24-17)22-14-19(2,3)15-8-10-16(23-4)11-9-15/h8-11,17H,5-7,12-14H2,1-4H3,(H2,20,21,22). The van der Waals surface area contributed by atoms with Crippen LogP contribution >= 0.6 is 0 Å². The molecule has 0 amide bonds. The molecule has 1 saturated heterocycles. The van der Waals surface area contributed by atoms with Crippen LogP contribution in [0, 0.1) is 0 Å². The molecule has 0 bridgehead atoms. The zero-order chi connectivity index (χ0) is 17.4. The smallest absolute Gasteiger partial charge is 0.191 e. The summed E-state index contributed by atoms with van der Waals surface area (Å²) in [5, 5.41) is 6.71. The average molecular weight is 333 g/mol. The number of nitrogens with one attached hydrogen (secondary N) is 2. The van der Waals surface area contributed by atoms with Crippen LogP contribution in [0.4, 0.5) is 0 Å². The molecule has 1 atom stereocenters. The van der Waals surface area contributed by atoms with Crippen molar-refractivity contribution < 1.29 is 9.47 Å². The molecule has 2 N–H and O–H groups in total. The molecule has 1 unspecified atom stereocenters. The fraction of sp³-hybridized carbons (Fsp3) is 0.632. The maximum absolute atomic E-state index is 5.66. The number of nitrogens with zero attached hydrogens (tertiary/aromatic N) is 1. The van der Waals surface area contributed by atoms with E-state index in [-0.39, 0.29) is 5.41 Å². The van der Waals surface area contributed by atoms with Gasteiger partial charge >= 0.3 is 0 Å². The van der Waals surface area contributed by atoms with Crippen LogP contribution in [-0.4, -0.2) is 45.4 Å². The lowest BCUT2D eigenvalue weighted by molar-refractivity contribution is 0.114. The molecule has 0 aromatic heterocycles. The number of guanidine groups is 1. The predicted octanol–water partition coefficient (Wildman–Crippen LogP) is 2.71. The van der Waals surface area contributed by atoms with Gasteiger partial charge in [-0.1, -0.05) is 26.0 Å². The first-order valence-electron chi connectivity index (χ1n) is 8.83. The Hall–Kier alpha value is -1.75.